The summed E-state index contributed by atoms with van der Waals surface area (Å²) < 4.78 is 5.10. The molecule has 0 saturated carbocycles. The number of nitrogens with one attached hydrogen (secondary N) is 1. The largest absolute Gasteiger partial charge is 0.465 e. The van der Waals surface area contributed by atoms with E-state index in [4.69, 9.17) is 9.84 Å². The van der Waals surface area contributed by atoms with Gasteiger partial charge in [-0.3, -0.25) is 4.79 Å². The van der Waals surface area contributed by atoms with E-state index in [0.717, 1.165) is 12.8 Å². The molecule has 0 aromatic carbocycles. The Bertz CT molecular complexity index is 398. The number of allylic oxidation sites excluding steroid dienone is 1. The molecule has 0 aromatic heterocycles. The predicted molar refractivity (Wildman–Crippen MR) is 65.4 cm³/mol. The van der Waals surface area contributed by atoms with Crippen LogP contribution in [0.5, 0.6) is 0 Å². The van der Waals surface area contributed by atoms with Gasteiger partial charge in [-0.25, -0.2) is 4.79 Å². The highest BCUT2D eigenvalue weighted by atomic mass is 16.6. The normalized spacial score (nSPS) is 31.7. The van der Waals surface area contributed by atoms with E-state index >= 15 is 0 Å². The van der Waals surface area contributed by atoms with E-state index in [1.54, 1.807) is 6.92 Å². The maximum atomic E-state index is 12.2. The van der Waals surface area contributed by atoms with Gasteiger partial charge in [0.1, 0.15) is 5.60 Å². The molecule has 5 nitrogen and oxygen atoms in total. The van der Waals surface area contributed by atoms with Crippen molar-refractivity contribution in [1.82, 2.24) is 5.32 Å². The maximum absolute atomic E-state index is 12.2. The minimum atomic E-state index is -1.16. The Hall–Kier alpha value is -1.36. The first-order chi connectivity index (χ1) is 8.40. The van der Waals surface area contributed by atoms with Gasteiger partial charge >= 0.3 is 6.09 Å². The van der Waals surface area contributed by atoms with Gasteiger partial charge in [0.25, 0.3) is 0 Å². The van der Waals surface area contributed by atoms with Crippen molar-refractivity contribution in [3.05, 3.63) is 11.6 Å². The second-order valence-electron chi connectivity index (χ2n) is 5.43. The Morgan fingerprint density at radius 3 is 2.78 bits per heavy atom. The van der Waals surface area contributed by atoms with Crippen molar-refractivity contribution >= 4 is 11.9 Å². The standard InChI is InChI=1S/C13H19NO4/c1-8-3-4-9(5-8)6-10(14-12(16)17)11(15)13(2)7-18-13/h5,8,10,14H,3-4,6-7H2,1-2H3,(H,16,17)/t8?,10-,13-/m0/s1. The summed E-state index contributed by atoms with van der Waals surface area (Å²) in [6, 6.07) is -0.688. The summed E-state index contributed by atoms with van der Waals surface area (Å²) in [5.74, 6) is 0.360. The minimum Gasteiger partial charge on any atom is -0.465 e. The zero-order valence-electron chi connectivity index (χ0n) is 10.7. The molecular weight excluding hydrogens is 234 g/mol. The lowest BCUT2D eigenvalue weighted by molar-refractivity contribution is -0.125. The van der Waals surface area contributed by atoms with E-state index in [9.17, 15) is 9.59 Å². The van der Waals surface area contributed by atoms with E-state index in [1.807, 2.05) is 0 Å². The van der Waals surface area contributed by atoms with Crippen molar-refractivity contribution < 1.29 is 19.4 Å². The first-order valence-corrected chi connectivity index (χ1v) is 6.28. The Kier molecular flexibility index (Phi) is 3.43. The number of amides is 1. The lowest BCUT2D eigenvalue weighted by Crippen LogP contribution is -2.45. The molecule has 1 fully saturated rings. The van der Waals surface area contributed by atoms with Gasteiger partial charge in [-0.05, 0) is 32.1 Å². The lowest BCUT2D eigenvalue weighted by atomic mass is 9.95. The molecule has 0 aromatic rings. The molecule has 1 saturated heterocycles. The van der Waals surface area contributed by atoms with Crippen molar-refractivity contribution in [3.63, 3.8) is 0 Å². The summed E-state index contributed by atoms with van der Waals surface area (Å²) in [5.41, 5.74) is 0.386. The summed E-state index contributed by atoms with van der Waals surface area (Å²) in [5, 5.41) is 11.1. The molecule has 1 aliphatic carbocycles. The number of carbonyl (C=O) groups excluding carboxylic acids is 1. The average Bonchev–Trinajstić information content (AvgIpc) is 2.90. The van der Waals surface area contributed by atoms with Crippen LogP contribution in [0.1, 0.15) is 33.1 Å². The van der Waals surface area contributed by atoms with Crippen molar-refractivity contribution in [2.45, 2.75) is 44.8 Å². The molecule has 100 valence electrons. The van der Waals surface area contributed by atoms with Crippen LogP contribution in [0.25, 0.3) is 0 Å². The molecule has 1 unspecified atom stereocenters. The highest BCUT2D eigenvalue weighted by Gasteiger charge is 2.50. The van der Waals surface area contributed by atoms with Crippen LogP contribution in [0.4, 0.5) is 4.79 Å². The molecule has 0 bridgehead atoms. The first kappa shape index (κ1) is 13.1. The average molecular weight is 253 g/mol. The molecule has 1 aliphatic heterocycles. The zero-order chi connectivity index (χ0) is 13.3. The highest BCUT2D eigenvalue weighted by Crippen LogP contribution is 2.32. The number of carboxylic acid groups (broad SMARTS) is 1. The number of hydrogen-bond acceptors (Lipinski definition) is 3. The van der Waals surface area contributed by atoms with Gasteiger partial charge in [0, 0.05) is 0 Å². The molecule has 1 heterocycles. The molecule has 2 aliphatic rings. The van der Waals surface area contributed by atoms with Crippen LogP contribution >= 0.6 is 0 Å². The number of hydrogen-bond donors (Lipinski definition) is 2. The maximum Gasteiger partial charge on any atom is 0.405 e. The fourth-order valence-electron chi connectivity index (χ4n) is 2.39. The molecule has 3 atom stereocenters. The Morgan fingerprint density at radius 1 is 1.67 bits per heavy atom. The molecule has 2 N–H and O–H groups in total. The fourth-order valence-corrected chi connectivity index (χ4v) is 2.39. The molecule has 2 rings (SSSR count). The van der Waals surface area contributed by atoms with Crippen molar-refractivity contribution in [1.29, 1.82) is 0 Å². The van der Waals surface area contributed by atoms with Crippen LogP contribution in [0, 0.1) is 5.92 Å². The smallest absolute Gasteiger partial charge is 0.405 e. The molecule has 5 heteroatoms. The van der Waals surface area contributed by atoms with Crippen LogP contribution < -0.4 is 5.32 Å². The van der Waals surface area contributed by atoms with Crippen LogP contribution in [-0.4, -0.2) is 35.2 Å². The quantitative estimate of drug-likeness (QED) is 0.577. The van der Waals surface area contributed by atoms with E-state index in [0.29, 0.717) is 18.9 Å². The number of carbonyl (C=O) groups is 2. The van der Waals surface area contributed by atoms with Crippen LogP contribution in [0.3, 0.4) is 0 Å². The highest BCUT2D eigenvalue weighted by molar-refractivity contribution is 5.95. The number of epoxide rings is 1. The zero-order valence-corrected chi connectivity index (χ0v) is 10.7. The van der Waals surface area contributed by atoms with Crippen LogP contribution in [-0.2, 0) is 9.53 Å². The van der Waals surface area contributed by atoms with Crippen molar-refractivity contribution in [2.24, 2.45) is 5.92 Å². The molecule has 1 amide bonds. The number of Topliss-reactive ketones (excluding diaryl/α,β-unsaturated/α-hetero) is 1. The third-order valence-corrected chi connectivity index (χ3v) is 3.62. The summed E-state index contributed by atoms with van der Waals surface area (Å²) in [6.07, 6.45) is 3.47. The lowest BCUT2D eigenvalue weighted by Gasteiger charge is -2.18. The van der Waals surface area contributed by atoms with Gasteiger partial charge < -0.3 is 15.2 Å². The van der Waals surface area contributed by atoms with E-state index < -0.39 is 17.7 Å². The van der Waals surface area contributed by atoms with Gasteiger partial charge in [0.2, 0.25) is 0 Å². The SMILES string of the molecule is CC1C=C(C[C@H](NC(=O)O)C(=O)[C@]2(C)CO2)CC1. The van der Waals surface area contributed by atoms with Crippen molar-refractivity contribution in [2.75, 3.05) is 6.61 Å². The van der Waals surface area contributed by atoms with Gasteiger partial charge in [-0.15, -0.1) is 0 Å². The third kappa shape index (κ3) is 2.90. The second-order valence-corrected chi connectivity index (χ2v) is 5.43. The molecule has 0 spiro atoms. The summed E-state index contributed by atoms with van der Waals surface area (Å²) >= 11 is 0. The van der Waals surface area contributed by atoms with Gasteiger partial charge in [0.05, 0.1) is 12.6 Å². The Labute approximate surface area is 106 Å². The van der Waals surface area contributed by atoms with E-state index in [1.165, 1.54) is 5.57 Å². The Morgan fingerprint density at radius 2 is 2.33 bits per heavy atom. The number of rotatable bonds is 5. The number of ether oxygens (including phenoxy) is 1. The van der Waals surface area contributed by atoms with E-state index in [-0.39, 0.29) is 5.78 Å². The second kappa shape index (κ2) is 4.72. The van der Waals surface area contributed by atoms with Gasteiger partial charge in [-0.1, -0.05) is 18.6 Å². The fraction of sp³-hybridized carbons (Fsp3) is 0.692. The van der Waals surface area contributed by atoms with Gasteiger partial charge in [0.15, 0.2) is 5.78 Å². The topological polar surface area (TPSA) is 78.9 Å². The number of ketones is 1. The Balaban J connectivity index is 2.03. The van der Waals surface area contributed by atoms with Crippen LogP contribution in [0.2, 0.25) is 0 Å². The molecule has 0 radical (unpaired) electrons. The summed E-state index contributed by atoms with van der Waals surface area (Å²) in [6.45, 7) is 4.22. The first-order valence-electron chi connectivity index (χ1n) is 6.28. The predicted octanol–water partition coefficient (Wildman–Crippen LogP) is 1.73. The summed E-state index contributed by atoms with van der Waals surface area (Å²) in [4.78, 5) is 22.9. The van der Waals surface area contributed by atoms with E-state index in [2.05, 4.69) is 18.3 Å². The van der Waals surface area contributed by atoms with Crippen LogP contribution in [0.15, 0.2) is 11.6 Å². The summed E-state index contributed by atoms with van der Waals surface area (Å²) in [7, 11) is 0. The third-order valence-electron chi connectivity index (χ3n) is 3.62. The monoisotopic (exact) mass is 253 g/mol. The molecule has 18 heavy (non-hydrogen) atoms. The van der Waals surface area contributed by atoms with Crippen molar-refractivity contribution in [3.8, 4) is 0 Å². The molecular formula is C13H19NO4. The van der Waals surface area contributed by atoms with Gasteiger partial charge in [-0.2, -0.15) is 0 Å². The minimum absolute atomic E-state index is 0.162.